The molecule has 6 N–H and O–H groups in total. The van der Waals surface area contributed by atoms with Crippen molar-refractivity contribution in [2.24, 2.45) is 10.7 Å². The van der Waals surface area contributed by atoms with E-state index >= 15 is 0 Å². The number of methoxy groups -OCH3 is 1. The topological polar surface area (TPSA) is 127 Å². The molecule has 0 saturated carbocycles. The third kappa shape index (κ3) is 5.87. The lowest BCUT2D eigenvalue weighted by Crippen LogP contribution is -2.37. The molecule has 0 aliphatic carbocycles. The first-order chi connectivity index (χ1) is 12.8. The Balaban J connectivity index is 1.92. The normalized spacial score (nSPS) is 11.1. The number of carbonyl (C=O) groups is 1. The molecule has 2 rings (SSSR count). The molecule has 7 nitrogen and oxygen atoms in total. The van der Waals surface area contributed by atoms with Crippen LogP contribution in [-0.4, -0.2) is 24.7 Å². The highest BCUT2D eigenvalue weighted by atomic mass is 35.5. The summed E-state index contributed by atoms with van der Waals surface area (Å²) in [5, 5.41) is 11.1. The highest BCUT2D eigenvalue weighted by molar-refractivity contribution is 6.38. The minimum atomic E-state index is -0.439. The van der Waals surface area contributed by atoms with Gasteiger partial charge in [-0.1, -0.05) is 23.2 Å². The number of rotatable bonds is 6. The average molecular weight is 408 g/mol. The standard InChI is InChI=1S/C18H19Cl2N5O2/c1-27-12-4-2-11(3-5-12)15(21)8-16(26)25-18(23)24-9-10-6-13(19)17(22)14(20)7-10/h2-7,21H,8-9,22H2,1H3,(H3,23,24,25,26). The van der Waals surface area contributed by atoms with Gasteiger partial charge in [0.15, 0.2) is 5.96 Å². The van der Waals surface area contributed by atoms with Crippen molar-refractivity contribution in [3.63, 3.8) is 0 Å². The van der Waals surface area contributed by atoms with Gasteiger partial charge in [0.25, 0.3) is 0 Å². The van der Waals surface area contributed by atoms with Crippen LogP contribution < -0.4 is 21.5 Å². The zero-order valence-electron chi connectivity index (χ0n) is 14.6. The second kappa shape index (κ2) is 9.25. The lowest BCUT2D eigenvalue weighted by atomic mass is 10.1. The van der Waals surface area contributed by atoms with Gasteiger partial charge in [0, 0.05) is 5.71 Å². The molecule has 0 aliphatic heterocycles. The number of hydrogen-bond acceptors (Lipinski definition) is 5. The summed E-state index contributed by atoms with van der Waals surface area (Å²) in [5.74, 6) is 0.173. The van der Waals surface area contributed by atoms with Crippen molar-refractivity contribution in [3.8, 4) is 5.75 Å². The van der Waals surface area contributed by atoms with Crippen LogP contribution in [-0.2, 0) is 11.3 Å². The Bertz CT molecular complexity index is 859. The van der Waals surface area contributed by atoms with Gasteiger partial charge in [0.1, 0.15) is 5.75 Å². The van der Waals surface area contributed by atoms with E-state index in [1.807, 2.05) is 0 Å². The number of anilines is 1. The Kier molecular flexibility index (Phi) is 7.04. The van der Waals surface area contributed by atoms with Crippen LogP contribution in [0, 0.1) is 5.41 Å². The molecule has 142 valence electrons. The van der Waals surface area contributed by atoms with Crippen LogP contribution in [0.4, 0.5) is 5.69 Å². The Labute approximate surface area is 166 Å². The number of nitrogens with one attached hydrogen (secondary N) is 2. The quantitative estimate of drug-likeness (QED) is 0.333. The molecule has 27 heavy (non-hydrogen) atoms. The summed E-state index contributed by atoms with van der Waals surface area (Å²) in [5.41, 5.74) is 13.2. The highest BCUT2D eigenvalue weighted by Crippen LogP contribution is 2.29. The summed E-state index contributed by atoms with van der Waals surface area (Å²) in [4.78, 5) is 16.1. The summed E-state index contributed by atoms with van der Waals surface area (Å²) < 4.78 is 5.06. The fourth-order valence-electron chi connectivity index (χ4n) is 2.19. The molecule has 9 heteroatoms. The van der Waals surface area contributed by atoms with Gasteiger partial charge in [-0.25, -0.2) is 4.99 Å². The van der Waals surface area contributed by atoms with E-state index in [9.17, 15) is 4.79 Å². The molecular weight excluding hydrogens is 389 g/mol. The monoisotopic (exact) mass is 407 g/mol. The van der Waals surface area contributed by atoms with Crippen LogP contribution in [0.3, 0.4) is 0 Å². The van der Waals surface area contributed by atoms with Gasteiger partial charge >= 0.3 is 0 Å². The second-order valence-electron chi connectivity index (χ2n) is 5.61. The predicted octanol–water partition coefficient (Wildman–Crippen LogP) is 2.97. The van der Waals surface area contributed by atoms with Crippen molar-refractivity contribution in [1.82, 2.24) is 5.32 Å². The van der Waals surface area contributed by atoms with Crippen molar-refractivity contribution < 1.29 is 9.53 Å². The fourth-order valence-corrected chi connectivity index (χ4v) is 2.72. The summed E-state index contributed by atoms with van der Waals surface area (Å²) in [6.07, 6.45) is -0.137. The summed E-state index contributed by atoms with van der Waals surface area (Å²) in [7, 11) is 1.56. The molecule has 0 spiro atoms. The fraction of sp³-hybridized carbons (Fsp3) is 0.167. The number of amides is 1. The number of nitrogens with two attached hydrogens (primary N) is 2. The van der Waals surface area contributed by atoms with Crippen molar-refractivity contribution in [3.05, 3.63) is 57.6 Å². The second-order valence-corrected chi connectivity index (χ2v) is 6.42. The number of nitrogens with zero attached hydrogens (tertiary/aromatic N) is 1. The average Bonchev–Trinajstić information content (AvgIpc) is 2.64. The molecule has 0 fully saturated rings. The molecular formula is C18H19Cl2N5O2. The SMILES string of the molecule is COc1ccc(C(=N)CC(=O)NC(N)=NCc2cc(Cl)c(N)c(Cl)c2)cc1. The molecule has 0 radical (unpaired) electrons. The maximum Gasteiger partial charge on any atom is 0.232 e. The van der Waals surface area contributed by atoms with Gasteiger partial charge in [0.2, 0.25) is 5.91 Å². The number of aliphatic imine (C=N–C) groups is 1. The number of benzene rings is 2. The number of guanidine groups is 1. The first kappa shape index (κ1) is 20.5. The first-order valence-corrected chi connectivity index (χ1v) is 8.60. The third-order valence-electron chi connectivity index (χ3n) is 3.61. The Hall–Kier alpha value is -2.77. The Morgan fingerprint density at radius 1 is 1.22 bits per heavy atom. The maximum atomic E-state index is 12.0. The lowest BCUT2D eigenvalue weighted by Gasteiger charge is -2.08. The molecule has 2 aromatic carbocycles. The van der Waals surface area contributed by atoms with E-state index < -0.39 is 5.91 Å². The predicted molar refractivity (Wildman–Crippen MR) is 109 cm³/mol. The van der Waals surface area contributed by atoms with E-state index in [2.05, 4.69) is 10.3 Å². The van der Waals surface area contributed by atoms with Crippen molar-refractivity contribution in [1.29, 1.82) is 5.41 Å². The van der Waals surface area contributed by atoms with E-state index in [1.165, 1.54) is 0 Å². The van der Waals surface area contributed by atoms with Crippen LogP contribution in [0.25, 0.3) is 0 Å². The maximum absolute atomic E-state index is 12.0. The number of ether oxygens (including phenoxy) is 1. The van der Waals surface area contributed by atoms with Gasteiger partial charge in [-0.05, 0) is 47.5 Å². The van der Waals surface area contributed by atoms with Crippen LogP contribution >= 0.6 is 23.2 Å². The minimum Gasteiger partial charge on any atom is -0.497 e. The van der Waals surface area contributed by atoms with Gasteiger partial charge in [-0.3, -0.25) is 10.1 Å². The third-order valence-corrected chi connectivity index (χ3v) is 4.24. The van der Waals surface area contributed by atoms with Crippen LogP contribution in [0.5, 0.6) is 5.75 Å². The smallest absolute Gasteiger partial charge is 0.232 e. The van der Waals surface area contributed by atoms with Gasteiger partial charge in [-0.2, -0.15) is 0 Å². The molecule has 0 unspecified atom stereocenters. The van der Waals surface area contributed by atoms with Gasteiger partial charge in [-0.15, -0.1) is 0 Å². The molecule has 2 aromatic rings. The summed E-state index contributed by atoms with van der Waals surface area (Å²) >= 11 is 11.9. The molecule has 0 aromatic heterocycles. The minimum absolute atomic E-state index is 0.0633. The largest absolute Gasteiger partial charge is 0.497 e. The number of nitrogen functional groups attached to an aromatic ring is 1. The van der Waals surface area contributed by atoms with Crippen molar-refractivity contribution in [2.45, 2.75) is 13.0 Å². The Morgan fingerprint density at radius 2 is 1.81 bits per heavy atom. The van der Waals surface area contributed by atoms with E-state index in [0.717, 1.165) is 0 Å². The van der Waals surface area contributed by atoms with Crippen LogP contribution in [0.1, 0.15) is 17.5 Å². The van der Waals surface area contributed by atoms with Crippen molar-refractivity contribution >= 4 is 46.5 Å². The summed E-state index contributed by atoms with van der Waals surface area (Å²) in [6, 6.07) is 10.1. The Morgan fingerprint density at radius 3 is 2.37 bits per heavy atom. The van der Waals surface area contributed by atoms with E-state index in [-0.39, 0.29) is 24.6 Å². The molecule has 0 saturated heterocycles. The van der Waals surface area contributed by atoms with Crippen LogP contribution in [0.15, 0.2) is 41.4 Å². The zero-order valence-corrected chi connectivity index (χ0v) is 16.1. The molecule has 0 atom stereocenters. The van der Waals surface area contributed by atoms with Gasteiger partial charge < -0.3 is 21.6 Å². The van der Waals surface area contributed by atoms with Crippen molar-refractivity contribution in [2.75, 3.05) is 12.8 Å². The van der Waals surface area contributed by atoms with E-state index in [1.54, 1.807) is 43.5 Å². The number of halogens is 2. The molecule has 0 heterocycles. The summed E-state index contributed by atoms with van der Waals surface area (Å²) in [6.45, 7) is 0.168. The molecule has 0 aliphatic rings. The van der Waals surface area contributed by atoms with Crippen LogP contribution in [0.2, 0.25) is 10.0 Å². The number of hydrogen-bond donors (Lipinski definition) is 4. The zero-order chi connectivity index (χ0) is 20.0. The first-order valence-electron chi connectivity index (χ1n) is 7.85. The number of carbonyl (C=O) groups excluding carboxylic acids is 1. The van der Waals surface area contributed by atoms with E-state index in [0.29, 0.717) is 32.6 Å². The highest BCUT2D eigenvalue weighted by Gasteiger charge is 2.10. The molecule has 0 bridgehead atoms. The van der Waals surface area contributed by atoms with E-state index in [4.69, 9.17) is 44.8 Å². The van der Waals surface area contributed by atoms with Gasteiger partial charge in [0.05, 0.1) is 35.8 Å². The molecule has 1 amide bonds. The lowest BCUT2D eigenvalue weighted by molar-refractivity contribution is -0.118.